The zero-order valence-corrected chi connectivity index (χ0v) is 15.1. The number of pyridine rings is 1. The number of piperidine rings is 1. The Morgan fingerprint density at radius 3 is 2.79 bits per heavy atom. The van der Waals surface area contributed by atoms with Gasteiger partial charge in [-0.05, 0) is 44.0 Å². The molecule has 5 nitrogen and oxygen atoms in total. The third-order valence-electron chi connectivity index (χ3n) is 5.29. The summed E-state index contributed by atoms with van der Waals surface area (Å²) in [5.41, 5.74) is 3.27. The number of hydrogen-bond acceptors (Lipinski definition) is 4. The first-order valence-electron chi connectivity index (χ1n) is 8.10. The molecule has 1 aromatic heterocycles. The van der Waals surface area contributed by atoms with Gasteiger partial charge >= 0.3 is 0 Å². The number of nitro groups is 1. The van der Waals surface area contributed by atoms with Crippen LogP contribution in [0.15, 0.2) is 42.6 Å². The van der Waals surface area contributed by atoms with E-state index in [4.69, 9.17) is 0 Å². The van der Waals surface area contributed by atoms with Crippen LogP contribution in [-0.2, 0) is 5.41 Å². The smallest absolute Gasteiger partial charge is 0.270 e. The average Bonchev–Trinajstić information content (AvgIpc) is 2.90. The highest BCUT2D eigenvalue weighted by molar-refractivity contribution is 8.93. The summed E-state index contributed by atoms with van der Waals surface area (Å²) in [5, 5.41) is 10.9. The Balaban J connectivity index is 0.00000169. The third-order valence-corrected chi connectivity index (χ3v) is 5.29. The summed E-state index contributed by atoms with van der Waals surface area (Å²) in [5.74, 6) is 0. The number of hydrogen-bond donors (Lipinski definition) is 0. The first kappa shape index (κ1) is 17.0. The molecule has 2 bridgehead atoms. The van der Waals surface area contributed by atoms with Crippen molar-refractivity contribution in [2.75, 3.05) is 19.6 Å². The minimum Gasteiger partial charge on any atom is -0.302 e. The van der Waals surface area contributed by atoms with Gasteiger partial charge < -0.3 is 4.90 Å². The maximum Gasteiger partial charge on any atom is 0.270 e. The molecule has 2 aliphatic rings. The lowest BCUT2D eigenvalue weighted by molar-refractivity contribution is -0.384. The fraction of sp³-hybridized carbons (Fsp3) is 0.389. The summed E-state index contributed by atoms with van der Waals surface area (Å²) in [6.45, 7) is 3.55. The van der Waals surface area contributed by atoms with Crippen LogP contribution in [0, 0.1) is 10.1 Å². The van der Waals surface area contributed by atoms with Crippen LogP contribution in [-0.4, -0.2) is 34.4 Å². The number of nitrogens with zero attached hydrogens (tertiary/aromatic N) is 3. The van der Waals surface area contributed by atoms with Gasteiger partial charge in [-0.2, -0.15) is 0 Å². The van der Waals surface area contributed by atoms with Crippen LogP contribution in [0.1, 0.15) is 24.8 Å². The Morgan fingerprint density at radius 2 is 2.04 bits per heavy atom. The monoisotopic (exact) mass is 389 g/mol. The van der Waals surface area contributed by atoms with Crippen molar-refractivity contribution in [3.05, 3.63) is 58.3 Å². The lowest BCUT2D eigenvalue weighted by Gasteiger charge is -2.34. The summed E-state index contributed by atoms with van der Waals surface area (Å²) in [4.78, 5) is 17.7. The molecule has 0 spiro atoms. The predicted octanol–water partition coefficient (Wildman–Crippen LogP) is 3.97. The fourth-order valence-corrected chi connectivity index (χ4v) is 4.03. The molecule has 3 heterocycles. The van der Waals surface area contributed by atoms with Crippen molar-refractivity contribution < 1.29 is 4.92 Å². The van der Waals surface area contributed by atoms with Crippen LogP contribution in [0.4, 0.5) is 5.69 Å². The van der Waals surface area contributed by atoms with Crippen molar-refractivity contribution >= 4 is 22.7 Å². The Hall–Kier alpha value is -1.79. The lowest BCUT2D eigenvalue weighted by Crippen LogP contribution is -2.36. The molecule has 4 rings (SSSR count). The standard InChI is InChI=1S/C18H19N3O2.BrH/c22-21(23)16-4-1-3-14(11-16)17-6-5-15(12-19-17)18-7-2-9-20(13-18)10-8-18;/h1,3-6,11-12H,2,7-10,13H2;1H. The Kier molecular flexibility index (Phi) is 4.69. The molecule has 24 heavy (non-hydrogen) atoms. The molecule has 2 aromatic rings. The van der Waals surface area contributed by atoms with E-state index in [2.05, 4.69) is 16.0 Å². The van der Waals surface area contributed by atoms with Crippen molar-refractivity contribution in [2.45, 2.75) is 24.7 Å². The van der Waals surface area contributed by atoms with Crippen LogP contribution in [0.25, 0.3) is 11.3 Å². The quantitative estimate of drug-likeness (QED) is 0.588. The molecule has 2 saturated heterocycles. The van der Waals surface area contributed by atoms with Gasteiger partial charge in [0.2, 0.25) is 0 Å². The fourth-order valence-electron chi connectivity index (χ4n) is 4.03. The molecule has 0 amide bonds. The van der Waals surface area contributed by atoms with E-state index in [9.17, 15) is 10.1 Å². The molecule has 2 fully saturated rings. The van der Waals surface area contributed by atoms with Crippen molar-refractivity contribution in [3.63, 3.8) is 0 Å². The van der Waals surface area contributed by atoms with Gasteiger partial charge in [-0.25, -0.2) is 0 Å². The number of benzene rings is 1. The van der Waals surface area contributed by atoms with Gasteiger partial charge in [0.25, 0.3) is 5.69 Å². The first-order chi connectivity index (χ1) is 11.2. The highest BCUT2D eigenvalue weighted by Gasteiger charge is 2.42. The molecular formula is C18H20BrN3O2. The lowest BCUT2D eigenvalue weighted by atomic mass is 9.75. The van der Waals surface area contributed by atoms with E-state index in [-0.39, 0.29) is 33.0 Å². The van der Waals surface area contributed by atoms with E-state index in [1.807, 2.05) is 18.3 Å². The third kappa shape index (κ3) is 2.96. The van der Waals surface area contributed by atoms with E-state index in [1.165, 1.54) is 44.0 Å². The number of halogens is 1. The zero-order chi connectivity index (χ0) is 15.9. The Bertz CT molecular complexity index is 746. The van der Waals surface area contributed by atoms with E-state index in [0.29, 0.717) is 0 Å². The summed E-state index contributed by atoms with van der Waals surface area (Å²) < 4.78 is 0. The molecule has 0 N–H and O–H groups in total. The Labute approximate surface area is 151 Å². The van der Waals surface area contributed by atoms with Crippen LogP contribution in [0.3, 0.4) is 0 Å². The summed E-state index contributed by atoms with van der Waals surface area (Å²) in [6, 6.07) is 10.8. The summed E-state index contributed by atoms with van der Waals surface area (Å²) in [6.07, 6.45) is 5.68. The SMILES string of the molecule is Br.O=[N+]([O-])c1cccc(-c2ccc(C34CCCN(CC3)C4)cn2)c1. The molecule has 0 saturated carbocycles. The van der Waals surface area contributed by atoms with Gasteiger partial charge in [0.1, 0.15) is 0 Å². The van der Waals surface area contributed by atoms with Gasteiger partial charge in [0, 0.05) is 35.9 Å². The number of fused-ring (bicyclic) bond motifs is 2. The van der Waals surface area contributed by atoms with Crippen molar-refractivity contribution in [1.82, 2.24) is 9.88 Å². The highest BCUT2D eigenvalue weighted by Crippen LogP contribution is 2.42. The predicted molar refractivity (Wildman–Crippen MR) is 98.6 cm³/mol. The van der Waals surface area contributed by atoms with Gasteiger partial charge in [-0.3, -0.25) is 15.1 Å². The van der Waals surface area contributed by atoms with Crippen molar-refractivity contribution in [3.8, 4) is 11.3 Å². The summed E-state index contributed by atoms with van der Waals surface area (Å²) in [7, 11) is 0. The summed E-state index contributed by atoms with van der Waals surface area (Å²) >= 11 is 0. The number of aromatic nitrogens is 1. The molecule has 2 atom stereocenters. The minimum absolute atomic E-state index is 0. The topological polar surface area (TPSA) is 59.3 Å². The van der Waals surface area contributed by atoms with Gasteiger partial charge in [0.05, 0.1) is 10.6 Å². The van der Waals surface area contributed by atoms with Crippen LogP contribution in [0.5, 0.6) is 0 Å². The normalized spacial score (nSPS) is 25.1. The highest BCUT2D eigenvalue weighted by atomic mass is 79.9. The van der Waals surface area contributed by atoms with Gasteiger partial charge in [-0.1, -0.05) is 18.2 Å². The average molecular weight is 390 g/mol. The molecular weight excluding hydrogens is 370 g/mol. The van der Waals surface area contributed by atoms with Gasteiger partial charge in [-0.15, -0.1) is 17.0 Å². The Morgan fingerprint density at radius 1 is 1.17 bits per heavy atom. The van der Waals surface area contributed by atoms with Crippen LogP contribution in [0.2, 0.25) is 0 Å². The molecule has 0 aliphatic carbocycles. The number of rotatable bonds is 3. The van der Waals surface area contributed by atoms with E-state index in [0.717, 1.165) is 17.8 Å². The minimum atomic E-state index is -0.369. The van der Waals surface area contributed by atoms with Crippen LogP contribution < -0.4 is 0 Å². The molecule has 1 aromatic carbocycles. The molecule has 2 unspecified atom stereocenters. The maximum absolute atomic E-state index is 10.9. The zero-order valence-electron chi connectivity index (χ0n) is 13.4. The molecule has 6 heteroatoms. The molecule has 0 radical (unpaired) electrons. The number of nitro benzene ring substituents is 1. The van der Waals surface area contributed by atoms with Crippen LogP contribution >= 0.6 is 17.0 Å². The maximum atomic E-state index is 10.9. The largest absolute Gasteiger partial charge is 0.302 e. The first-order valence-corrected chi connectivity index (χ1v) is 8.10. The van der Waals surface area contributed by atoms with E-state index >= 15 is 0 Å². The second kappa shape index (κ2) is 6.61. The van der Waals surface area contributed by atoms with E-state index in [1.54, 1.807) is 12.1 Å². The second-order valence-electron chi connectivity index (χ2n) is 6.65. The second-order valence-corrected chi connectivity index (χ2v) is 6.65. The number of non-ortho nitro benzene ring substituents is 1. The molecule has 126 valence electrons. The van der Waals surface area contributed by atoms with Crippen molar-refractivity contribution in [2.24, 2.45) is 0 Å². The van der Waals surface area contributed by atoms with Crippen molar-refractivity contribution in [1.29, 1.82) is 0 Å². The molecule has 2 aliphatic heterocycles. The van der Waals surface area contributed by atoms with Gasteiger partial charge in [0.15, 0.2) is 0 Å². The van der Waals surface area contributed by atoms with E-state index < -0.39 is 0 Å².